The molecule has 0 bridgehead atoms. The van der Waals surface area contributed by atoms with Crippen molar-refractivity contribution < 1.29 is 9.72 Å². The fourth-order valence-electron chi connectivity index (χ4n) is 3.99. The summed E-state index contributed by atoms with van der Waals surface area (Å²) < 4.78 is 0. The van der Waals surface area contributed by atoms with E-state index in [9.17, 15) is 14.9 Å². The number of nitrogens with zero attached hydrogens (tertiary/aromatic N) is 1. The number of Topliss-reactive ketones (excluding diaryl/α,β-unsaturated/α-hetero) is 1. The largest absolute Gasteiger partial charge is 0.372 e. The molecule has 0 aromatic heterocycles. The molecular formula is C21H20ClN3O3. The molecule has 28 heavy (non-hydrogen) atoms. The van der Waals surface area contributed by atoms with Gasteiger partial charge in [-0.25, -0.2) is 0 Å². The smallest absolute Gasteiger partial charge is 0.269 e. The molecule has 0 radical (unpaired) electrons. The summed E-state index contributed by atoms with van der Waals surface area (Å²) in [6.45, 7) is 4.13. The minimum absolute atomic E-state index is 0.0200. The molecule has 2 aromatic carbocycles. The highest BCUT2D eigenvalue weighted by Crippen LogP contribution is 2.46. The number of nitro groups is 1. The lowest BCUT2D eigenvalue weighted by Crippen LogP contribution is -2.31. The summed E-state index contributed by atoms with van der Waals surface area (Å²) in [4.78, 5) is 24.0. The summed E-state index contributed by atoms with van der Waals surface area (Å²) >= 11 is 6.43. The van der Waals surface area contributed by atoms with Crippen LogP contribution in [0.5, 0.6) is 0 Å². The van der Waals surface area contributed by atoms with Crippen molar-refractivity contribution in [2.75, 3.05) is 10.6 Å². The molecule has 0 spiro atoms. The average Bonchev–Trinajstić information content (AvgIpc) is 2.77. The lowest BCUT2D eigenvalue weighted by atomic mass is 9.73. The van der Waals surface area contributed by atoms with E-state index in [0.717, 1.165) is 17.1 Å². The second-order valence-corrected chi connectivity index (χ2v) is 8.45. The number of halogens is 1. The molecule has 2 aliphatic rings. The molecule has 7 heteroatoms. The molecule has 0 amide bonds. The second kappa shape index (κ2) is 6.63. The summed E-state index contributed by atoms with van der Waals surface area (Å²) in [7, 11) is 0. The van der Waals surface area contributed by atoms with Crippen LogP contribution in [0.2, 0.25) is 5.02 Å². The van der Waals surface area contributed by atoms with Gasteiger partial charge in [0.15, 0.2) is 5.78 Å². The molecule has 2 aromatic rings. The van der Waals surface area contributed by atoms with E-state index in [2.05, 4.69) is 24.5 Å². The number of nitro benzene ring substituents is 1. The molecule has 1 aliphatic heterocycles. The Labute approximate surface area is 167 Å². The average molecular weight is 398 g/mol. The van der Waals surface area contributed by atoms with Crippen LogP contribution in [0.4, 0.5) is 17.1 Å². The number of carbonyl (C=O) groups excluding carboxylic acids is 1. The highest BCUT2D eigenvalue weighted by molar-refractivity contribution is 6.31. The fourth-order valence-corrected chi connectivity index (χ4v) is 4.22. The zero-order valence-electron chi connectivity index (χ0n) is 15.6. The predicted molar refractivity (Wildman–Crippen MR) is 110 cm³/mol. The maximum Gasteiger partial charge on any atom is 0.269 e. The highest BCUT2D eigenvalue weighted by atomic mass is 35.5. The Morgan fingerprint density at radius 1 is 1.14 bits per heavy atom. The van der Waals surface area contributed by atoms with Crippen molar-refractivity contribution in [2.45, 2.75) is 32.7 Å². The molecule has 6 nitrogen and oxygen atoms in total. The van der Waals surface area contributed by atoms with Gasteiger partial charge >= 0.3 is 0 Å². The number of hydrogen-bond acceptors (Lipinski definition) is 5. The SMILES string of the molecule is CC1(C)CC(=O)C2=C(C1)Nc1ccccc1NC2c1cc([N+](=O)[O-])ccc1Cl. The quantitative estimate of drug-likeness (QED) is 0.518. The van der Waals surface area contributed by atoms with E-state index in [1.165, 1.54) is 18.2 Å². The van der Waals surface area contributed by atoms with Gasteiger partial charge in [0, 0.05) is 40.4 Å². The van der Waals surface area contributed by atoms with Gasteiger partial charge in [0.2, 0.25) is 0 Å². The molecule has 1 atom stereocenters. The van der Waals surface area contributed by atoms with Crippen molar-refractivity contribution in [1.82, 2.24) is 0 Å². The van der Waals surface area contributed by atoms with E-state index in [1.807, 2.05) is 24.3 Å². The van der Waals surface area contributed by atoms with E-state index in [0.29, 0.717) is 29.0 Å². The molecule has 4 rings (SSSR count). The number of benzene rings is 2. The Bertz CT molecular complexity index is 1030. The van der Waals surface area contributed by atoms with Crippen molar-refractivity contribution in [3.8, 4) is 0 Å². The van der Waals surface area contributed by atoms with Gasteiger partial charge in [-0.05, 0) is 30.0 Å². The maximum absolute atomic E-state index is 13.1. The summed E-state index contributed by atoms with van der Waals surface area (Å²) in [5.74, 6) is 0.0200. The number of ketones is 1. The summed E-state index contributed by atoms with van der Waals surface area (Å²) in [5, 5.41) is 18.5. The van der Waals surface area contributed by atoms with E-state index < -0.39 is 11.0 Å². The van der Waals surface area contributed by atoms with E-state index in [-0.39, 0.29) is 16.9 Å². The molecule has 1 unspecified atom stereocenters. The molecule has 2 N–H and O–H groups in total. The molecule has 0 saturated carbocycles. The van der Waals surface area contributed by atoms with E-state index >= 15 is 0 Å². The van der Waals surface area contributed by atoms with Crippen LogP contribution >= 0.6 is 11.6 Å². The molecule has 1 aliphatic carbocycles. The van der Waals surface area contributed by atoms with Crippen LogP contribution < -0.4 is 10.6 Å². The summed E-state index contributed by atoms with van der Waals surface area (Å²) in [6.07, 6.45) is 1.11. The van der Waals surface area contributed by atoms with Crippen LogP contribution in [0.1, 0.15) is 38.3 Å². The molecule has 0 saturated heterocycles. The zero-order valence-corrected chi connectivity index (χ0v) is 16.3. The minimum atomic E-state index is -0.567. The van der Waals surface area contributed by atoms with Gasteiger partial charge in [-0.3, -0.25) is 14.9 Å². The van der Waals surface area contributed by atoms with Crippen LogP contribution in [0.25, 0.3) is 0 Å². The second-order valence-electron chi connectivity index (χ2n) is 8.04. The number of rotatable bonds is 2. The first-order chi connectivity index (χ1) is 13.2. The van der Waals surface area contributed by atoms with Crippen LogP contribution in [0, 0.1) is 15.5 Å². The number of nitrogens with one attached hydrogen (secondary N) is 2. The first-order valence-corrected chi connectivity index (χ1v) is 9.46. The number of carbonyl (C=O) groups is 1. The Morgan fingerprint density at radius 2 is 1.86 bits per heavy atom. The van der Waals surface area contributed by atoms with Crippen molar-refractivity contribution in [2.24, 2.45) is 5.41 Å². The highest BCUT2D eigenvalue weighted by Gasteiger charge is 2.39. The van der Waals surface area contributed by atoms with Crippen LogP contribution in [-0.4, -0.2) is 10.7 Å². The van der Waals surface area contributed by atoms with E-state index in [1.54, 1.807) is 0 Å². The van der Waals surface area contributed by atoms with E-state index in [4.69, 9.17) is 11.6 Å². The Kier molecular flexibility index (Phi) is 4.38. The number of fused-ring (bicyclic) bond motifs is 1. The predicted octanol–water partition coefficient (Wildman–Crippen LogP) is 5.47. The lowest BCUT2D eigenvalue weighted by molar-refractivity contribution is -0.384. The Balaban J connectivity index is 1.93. The van der Waals surface area contributed by atoms with Crippen molar-refractivity contribution in [3.63, 3.8) is 0 Å². The molecular weight excluding hydrogens is 378 g/mol. The van der Waals surface area contributed by atoms with Gasteiger partial charge in [0.05, 0.1) is 22.3 Å². The lowest BCUT2D eigenvalue weighted by Gasteiger charge is -2.34. The number of allylic oxidation sites excluding steroid dienone is 1. The van der Waals surface area contributed by atoms with Gasteiger partial charge in [-0.1, -0.05) is 37.6 Å². The number of hydrogen-bond donors (Lipinski definition) is 2. The zero-order chi connectivity index (χ0) is 20.1. The normalized spacial score (nSPS) is 20.4. The monoisotopic (exact) mass is 397 g/mol. The Morgan fingerprint density at radius 3 is 2.57 bits per heavy atom. The van der Waals surface area contributed by atoms with Crippen molar-refractivity contribution in [1.29, 1.82) is 0 Å². The van der Waals surface area contributed by atoms with Crippen molar-refractivity contribution >= 4 is 34.4 Å². The van der Waals surface area contributed by atoms with Gasteiger partial charge < -0.3 is 10.6 Å². The van der Waals surface area contributed by atoms with Gasteiger partial charge in [-0.2, -0.15) is 0 Å². The van der Waals surface area contributed by atoms with Crippen LogP contribution in [-0.2, 0) is 4.79 Å². The number of anilines is 2. The third kappa shape index (κ3) is 3.24. The maximum atomic E-state index is 13.1. The van der Waals surface area contributed by atoms with Gasteiger partial charge in [-0.15, -0.1) is 0 Å². The number of para-hydroxylation sites is 2. The minimum Gasteiger partial charge on any atom is -0.372 e. The molecule has 1 heterocycles. The van der Waals surface area contributed by atoms with Gasteiger partial charge in [0.25, 0.3) is 5.69 Å². The fraction of sp³-hybridized carbons (Fsp3) is 0.286. The van der Waals surface area contributed by atoms with Gasteiger partial charge in [0.1, 0.15) is 0 Å². The standard InChI is InChI=1S/C21H20ClN3O3/c1-21(2)10-17-19(18(26)11-21)20(24-16-6-4-3-5-15(16)23-17)13-9-12(25(27)28)7-8-14(13)22/h3-9,20,23-24H,10-11H2,1-2H3. The topological polar surface area (TPSA) is 84.3 Å². The first kappa shape index (κ1) is 18.5. The molecule has 144 valence electrons. The van der Waals surface area contributed by atoms with Crippen LogP contribution in [0.3, 0.4) is 0 Å². The molecule has 0 fully saturated rings. The van der Waals surface area contributed by atoms with Crippen molar-refractivity contribution in [3.05, 3.63) is 74.4 Å². The third-order valence-electron chi connectivity index (χ3n) is 5.22. The summed E-state index contributed by atoms with van der Waals surface area (Å²) in [5.41, 5.74) is 3.41. The number of non-ortho nitro benzene ring substituents is 1. The Hall–Kier alpha value is -2.86. The third-order valence-corrected chi connectivity index (χ3v) is 5.57. The summed E-state index contributed by atoms with van der Waals surface area (Å²) in [6, 6.07) is 11.4. The van der Waals surface area contributed by atoms with Crippen LogP contribution in [0.15, 0.2) is 53.7 Å². The first-order valence-electron chi connectivity index (χ1n) is 9.08.